The molecule has 0 amide bonds. The van der Waals surface area contributed by atoms with Gasteiger partial charge in [0.05, 0.1) is 5.82 Å². The summed E-state index contributed by atoms with van der Waals surface area (Å²) >= 11 is 1.75. The van der Waals surface area contributed by atoms with Crippen molar-refractivity contribution in [3.8, 4) is 0 Å². The molecule has 0 aliphatic carbocycles. The van der Waals surface area contributed by atoms with Gasteiger partial charge in [-0.1, -0.05) is 145 Å². The fourth-order valence-corrected chi connectivity index (χ4v) is 7.82. The summed E-state index contributed by atoms with van der Waals surface area (Å²) in [6.45, 7) is 6.79. The number of piperidine rings is 1. The van der Waals surface area contributed by atoms with E-state index in [0.717, 1.165) is 13.1 Å². The zero-order chi connectivity index (χ0) is 34.3. The summed E-state index contributed by atoms with van der Waals surface area (Å²) in [6.07, 6.45) is 12.9. The van der Waals surface area contributed by atoms with Crippen LogP contribution in [-0.4, -0.2) is 22.9 Å². The first kappa shape index (κ1) is 34.2. The number of likely N-dealkylation sites (tertiary alicyclic amines) is 1. The van der Waals surface area contributed by atoms with Crippen molar-refractivity contribution in [2.75, 3.05) is 18.0 Å². The second-order valence-electron chi connectivity index (χ2n) is 13.2. The molecule has 5 aromatic carbocycles. The zero-order valence-corrected chi connectivity index (χ0v) is 31.2. The van der Waals surface area contributed by atoms with E-state index in [-0.39, 0.29) is 11.8 Å². The molecule has 0 N–H and O–H groups in total. The van der Waals surface area contributed by atoms with Gasteiger partial charge in [-0.15, -0.1) is 6.67 Å². The number of aryl methyl sites for hydroxylation is 1. The van der Waals surface area contributed by atoms with Crippen LogP contribution < -0.4 is 4.90 Å². The maximum absolute atomic E-state index is 4.58. The summed E-state index contributed by atoms with van der Waals surface area (Å²) in [7, 11) is 4.58. The van der Waals surface area contributed by atoms with Crippen LogP contribution in [0.4, 0.5) is 5.69 Å². The van der Waals surface area contributed by atoms with Gasteiger partial charge in [0.1, 0.15) is 0 Å². The molecule has 3 nitrogen and oxygen atoms in total. The Bertz CT molecular complexity index is 1770. The summed E-state index contributed by atoms with van der Waals surface area (Å²) < 4.78 is 0. The first-order chi connectivity index (χ1) is 24.7. The first-order valence-corrected chi connectivity index (χ1v) is 20.2. The molecular weight excluding hydrogens is 815 g/mol. The Morgan fingerprint density at radius 2 is 1.06 bits per heavy atom. The molecule has 3 heterocycles. The normalized spacial score (nSPS) is 15.4. The Balaban J connectivity index is 0.00000193. The van der Waals surface area contributed by atoms with E-state index < -0.39 is 0 Å². The van der Waals surface area contributed by atoms with E-state index in [2.05, 4.69) is 195 Å². The van der Waals surface area contributed by atoms with Gasteiger partial charge in [0.2, 0.25) is 0 Å². The molecule has 256 valence electrons. The van der Waals surface area contributed by atoms with Crippen molar-refractivity contribution >= 4 is 14.9 Å². The predicted octanol–water partition coefficient (Wildman–Crippen LogP) is 11.0. The van der Waals surface area contributed by atoms with Crippen LogP contribution in [0.1, 0.15) is 70.0 Å². The molecule has 0 aromatic heterocycles. The van der Waals surface area contributed by atoms with Gasteiger partial charge in [-0.05, 0) is 77.9 Å². The maximum atomic E-state index is 4.58. The number of fused-ring (bicyclic) bond motifs is 1. The zero-order valence-electron chi connectivity index (χ0n) is 28.3. The molecule has 0 bridgehead atoms. The van der Waals surface area contributed by atoms with Gasteiger partial charge in [-0.25, -0.2) is 0 Å². The molecule has 3 aliphatic rings. The quantitative estimate of drug-likeness (QED) is 0.0875. The third-order valence-electron chi connectivity index (χ3n) is 9.95. The standard InChI is InChI=1S/C45H42N3.Au.ClH/c1-34-30-40(43(35-18-7-2-8-19-35)36-20-9-3-10-21-36)45(41(31-34)44(37-22-11-4-12-23-37)38-24-13-5-14-25-38)47-32-39-26-17-27-42(48(39)33-47)46-28-15-6-16-29-46;;/h2-5,7-14,17-27,30-33,43-44H,6,15-16,28-29H2,1H3;;1H/q-1;+1;/p-1. The average Bonchev–Trinajstić information content (AvgIpc) is 3.62. The molecule has 3 aliphatic heterocycles. The van der Waals surface area contributed by atoms with Crippen LogP contribution in [0.2, 0.25) is 0 Å². The van der Waals surface area contributed by atoms with Crippen LogP contribution in [0.3, 0.4) is 0 Å². The Morgan fingerprint density at radius 1 is 0.620 bits per heavy atom. The summed E-state index contributed by atoms with van der Waals surface area (Å²) in [5.74, 6) is 1.36. The van der Waals surface area contributed by atoms with Crippen LogP contribution in [0.15, 0.2) is 169 Å². The fourth-order valence-electron chi connectivity index (χ4n) is 7.82. The molecule has 0 spiro atoms. The van der Waals surface area contributed by atoms with Gasteiger partial charge in [0.15, 0.2) is 0 Å². The number of nitrogens with zero attached hydrogens (tertiary/aromatic N) is 3. The topological polar surface area (TPSA) is 9.72 Å². The first-order valence-electron chi connectivity index (χ1n) is 17.5. The third-order valence-corrected chi connectivity index (χ3v) is 9.95. The summed E-state index contributed by atoms with van der Waals surface area (Å²) in [5.41, 5.74) is 11.5. The Morgan fingerprint density at radius 3 is 1.50 bits per heavy atom. The molecular formula is C45H42AuClN3-. The van der Waals surface area contributed by atoms with Crippen LogP contribution >= 0.6 is 9.19 Å². The predicted molar refractivity (Wildman–Crippen MR) is 204 cm³/mol. The Kier molecular flexibility index (Phi) is 11.1. The van der Waals surface area contributed by atoms with Crippen molar-refractivity contribution in [2.24, 2.45) is 0 Å². The van der Waals surface area contributed by atoms with Crippen molar-refractivity contribution in [2.45, 2.75) is 38.0 Å². The number of allylic oxidation sites excluding steroid dienone is 3. The van der Waals surface area contributed by atoms with E-state index in [0.29, 0.717) is 0 Å². The van der Waals surface area contributed by atoms with Crippen LogP contribution in [0.25, 0.3) is 0 Å². The molecule has 0 saturated carbocycles. The minimum atomic E-state index is 0.0466. The number of rotatable bonds is 8. The van der Waals surface area contributed by atoms with Crippen molar-refractivity contribution in [3.63, 3.8) is 0 Å². The van der Waals surface area contributed by atoms with Crippen molar-refractivity contribution in [1.29, 1.82) is 0 Å². The van der Waals surface area contributed by atoms with Gasteiger partial charge in [-0.2, -0.15) is 0 Å². The molecule has 0 unspecified atom stereocenters. The number of anilines is 1. The number of halogens is 1. The van der Waals surface area contributed by atoms with Crippen LogP contribution in [0.5, 0.6) is 0 Å². The number of benzene rings is 5. The molecule has 8 rings (SSSR count). The fraction of sp³-hybridized carbons (Fsp3) is 0.178. The van der Waals surface area contributed by atoms with E-state index in [1.54, 1.807) is 20.0 Å². The van der Waals surface area contributed by atoms with Crippen molar-refractivity contribution in [3.05, 3.63) is 215 Å². The minimum absolute atomic E-state index is 0.0466. The average molecular weight is 857 g/mol. The summed E-state index contributed by atoms with van der Waals surface area (Å²) in [5, 5.41) is 0. The molecule has 5 heteroatoms. The van der Waals surface area contributed by atoms with E-state index in [4.69, 9.17) is 0 Å². The SMILES string of the molecule is Cc1cc(C(c2ccccc2)c2ccccc2)c(N2C=C3C=CC=C(N4CCCCC4)N3[CH-]2)c(C(c2ccccc2)c2ccccc2)c1.[Cl][Au]. The van der Waals surface area contributed by atoms with Gasteiger partial charge in [0, 0.05) is 36.3 Å². The summed E-state index contributed by atoms with van der Waals surface area (Å²) in [4.78, 5) is 7.38. The molecule has 50 heavy (non-hydrogen) atoms. The Labute approximate surface area is 314 Å². The van der Waals surface area contributed by atoms with Crippen LogP contribution in [0, 0.1) is 13.6 Å². The van der Waals surface area contributed by atoms with Gasteiger partial charge >= 0.3 is 29.2 Å². The van der Waals surface area contributed by atoms with E-state index >= 15 is 0 Å². The molecule has 0 atom stereocenters. The number of hydrogen-bond acceptors (Lipinski definition) is 3. The van der Waals surface area contributed by atoms with E-state index in [1.165, 1.54) is 75.4 Å². The van der Waals surface area contributed by atoms with Gasteiger partial charge in [0.25, 0.3) is 0 Å². The Hall–Kier alpha value is -4.25. The second kappa shape index (κ2) is 16.2. The third kappa shape index (κ3) is 7.15. The molecule has 0 radical (unpaired) electrons. The van der Waals surface area contributed by atoms with Crippen LogP contribution in [-0.2, 0) is 20.0 Å². The molecule has 5 aromatic rings. The van der Waals surface area contributed by atoms with E-state index in [1.807, 2.05) is 0 Å². The second-order valence-corrected chi connectivity index (χ2v) is 13.2. The molecule has 1 saturated heterocycles. The van der Waals surface area contributed by atoms with Crippen molar-refractivity contribution < 1.29 is 20.0 Å². The van der Waals surface area contributed by atoms with E-state index in [9.17, 15) is 0 Å². The summed E-state index contributed by atoms with van der Waals surface area (Å²) in [6, 6.07) is 48.9. The van der Waals surface area contributed by atoms with Gasteiger partial charge in [-0.3, -0.25) is 0 Å². The monoisotopic (exact) mass is 856 g/mol. The molecule has 1 fully saturated rings. The van der Waals surface area contributed by atoms with Gasteiger partial charge < -0.3 is 14.7 Å². The number of hydrogen-bond donors (Lipinski definition) is 0. The van der Waals surface area contributed by atoms with Crippen molar-refractivity contribution in [1.82, 2.24) is 9.80 Å².